The van der Waals surface area contributed by atoms with E-state index in [9.17, 15) is 14.0 Å². The Morgan fingerprint density at radius 1 is 1.00 bits per heavy atom. The maximum atomic E-state index is 14.5. The van der Waals surface area contributed by atoms with Gasteiger partial charge in [-0.05, 0) is 42.8 Å². The number of furan rings is 1. The Labute approximate surface area is 196 Å². The van der Waals surface area contributed by atoms with E-state index < -0.39 is 11.4 Å². The molecule has 6 nitrogen and oxygen atoms in total. The van der Waals surface area contributed by atoms with Gasteiger partial charge < -0.3 is 19.2 Å². The predicted octanol–water partition coefficient (Wildman–Crippen LogP) is 4.62. The number of aromatic nitrogens is 1. The van der Waals surface area contributed by atoms with Crippen LogP contribution in [0.3, 0.4) is 0 Å². The first kappa shape index (κ1) is 21.7. The molecule has 0 fully saturated rings. The van der Waals surface area contributed by atoms with E-state index in [0.29, 0.717) is 29.3 Å². The summed E-state index contributed by atoms with van der Waals surface area (Å²) in [6.07, 6.45) is 1.57. The molecule has 1 atom stereocenters. The minimum atomic E-state index is -1.26. The Morgan fingerprint density at radius 3 is 2.47 bits per heavy atom. The highest BCUT2D eigenvalue weighted by atomic mass is 19.1. The number of hydrogen-bond donors (Lipinski definition) is 1. The molecule has 1 unspecified atom stereocenters. The van der Waals surface area contributed by atoms with Crippen molar-refractivity contribution in [1.29, 1.82) is 0 Å². The molecule has 4 aromatic rings. The van der Waals surface area contributed by atoms with Gasteiger partial charge in [0, 0.05) is 12.1 Å². The Morgan fingerprint density at radius 2 is 1.74 bits per heavy atom. The van der Waals surface area contributed by atoms with E-state index in [0.717, 1.165) is 5.56 Å². The lowest BCUT2D eigenvalue weighted by molar-refractivity contribution is -0.133. The van der Waals surface area contributed by atoms with Crippen molar-refractivity contribution < 1.29 is 18.4 Å². The van der Waals surface area contributed by atoms with E-state index in [2.05, 4.69) is 5.32 Å². The maximum absolute atomic E-state index is 14.5. The predicted molar refractivity (Wildman–Crippen MR) is 125 cm³/mol. The van der Waals surface area contributed by atoms with Crippen LogP contribution in [0, 0.1) is 5.82 Å². The van der Waals surface area contributed by atoms with Crippen LogP contribution in [0.2, 0.25) is 0 Å². The second-order valence-electron chi connectivity index (χ2n) is 8.59. The van der Waals surface area contributed by atoms with Crippen molar-refractivity contribution in [2.75, 3.05) is 0 Å². The number of halogens is 1. The number of nitrogens with one attached hydrogen (secondary N) is 1. The molecule has 0 spiro atoms. The molecule has 34 heavy (non-hydrogen) atoms. The van der Waals surface area contributed by atoms with Crippen molar-refractivity contribution in [2.45, 2.75) is 32.1 Å². The summed E-state index contributed by atoms with van der Waals surface area (Å²) in [5, 5.41) is 2.97. The summed E-state index contributed by atoms with van der Waals surface area (Å²) in [5.74, 6) is -0.469. The van der Waals surface area contributed by atoms with Crippen LogP contribution in [0.1, 0.15) is 28.5 Å². The average Bonchev–Trinajstić information content (AvgIpc) is 3.52. The van der Waals surface area contributed by atoms with Gasteiger partial charge in [-0.3, -0.25) is 9.59 Å². The maximum Gasteiger partial charge on any atom is 0.271 e. The van der Waals surface area contributed by atoms with Gasteiger partial charge in [0.15, 0.2) is 0 Å². The molecule has 0 radical (unpaired) electrons. The molecule has 0 bridgehead atoms. The van der Waals surface area contributed by atoms with Gasteiger partial charge in [0.05, 0.1) is 25.0 Å². The van der Waals surface area contributed by atoms with Crippen molar-refractivity contribution in [3.63, 3.8) is 0 Å². The monoisotopic (exact) mass is 457 g/mol. The molecule has 0 saturated heterocycles. The van der Waals surface area contributed by atoms with Crippen LogP contribution in [0.4, 0.5) is 4.39 Å². The number of fused-ring (bicyclic) bond motifs is 1. The van der Waals surface area contributed by atoms with Crippen molar-refractivity contribution in [2.24, 2.45) is 0 Å². The third kappa shape index (κ3) is 3.79. The van der Waals surface area contributed by atoms with Crippen LogP contribution in [0.25, 0.3) is 11.5 Å². The van der Waals surface area contributed by atoms with Crippen molar-refractivity contribution in [3.8, 4) is 11.5 Å². The number of amides is 2. The first-order valence-electron chi connectivity index (χ1n) is 11.1. The first-order chi connectivity index (χ1) is 16.5. The number of rotatable bonds is 6. The fourth-order valence-corrected chi connectivity index (χ4v) is 4.43. The Kier molecular flexibility index (Phi) is 5.53. The van der Waals surface area contributed by atoms with Gasteiger partial charge in [0.1, 0.15) is 22.8 Å². The normalized spacial score (nSPS) is 17.5. The molecular formula is C27H24FN3O3. The molecule has 7 heteroatoms. The third-order valence-corrected chi connectivity index (χ3v) is 6.35. The molecule has 3 heterocycles. The lowest BCUT2D eigenvalue weighted by atomic mass is 9.93. The van der Waals surface area contributed by atoms with Crippen LogP contribution < -0.4 is 5.32 Å². The fraction of sp³-hybridized carbons (Fsp3) is 0.185. The zero-order valence-electron chi connectivity index (χ0n) is 18.7. The summed E-state index contributed by atoms with van der Waals surface area (Å²) in [5.41, 5.74) is 1.17. The number of nitrogens with zero attached hydrogens (tertiary/aromatic N) is 2. The van der Waals surface area contributed by atoms with Crippen LogP contribution in [0.5, 0.6) is 0 Å². The lowest BCUT2D eigenvalue weighted by Crippen LogP contribution is -2.63. The van der Waals surface area contributed by atoms with Gasteiger partial charge in [0.2, 0.25) is 5.91 Å². The van der Waals surface area contributed by atoms with Gasteiger partial charge in [-0.15, -0.1) is 0 Å². The number of carbonyl (C=O) groups excluding carboxylic acids is 2. The van der Waals surface area contributed by atoms with E-state index in [1.807, 2.05) is 36.4 Å². The molecule has 0 saturated carbocycles. The van der Waals surface area contributed by atoms with Gasteiger partial charge in [0.25, 0.3) is 5.91 Å². The zero-order chi connectivity index (χ0) is 23.7. The van der Waals surface area contributed by atoms with Crippen molar-refractivity contribution in [3.05, 3.63) is 108 Å². The van der Waals surface area contributed by atoms with Gasteiger partial charge >= 0.3 is 0 Å². The quantitative estimate of drug-likeness (QED) is 0.460. The molecule has 2 aromatic heterocycles. The molecule has 5 rings (SSSR count). The summed E-state index contributed by atoms with van der Waals surface area (Å²) in [6, 6.07) is 23.0. The Bertz CT molecular complexity index is 1330. The largest absolute Gasteiger partial charge is 0.463 e. The SMILES string of the molecule is CC1(C(=O)NCc2ccccc2)Cn2c(ccc2-c2ccco2)C(=O)N1Cc1ccccc1F. The van der Waals surface area contributed by atoms with Gasteiger partial charge in [-0.2, -0.15) is 0 Å². The molecule has 1 aliphatic rings. The molecule has 1 aliphatic heterocycles. The average molecular weight is 458 g/mol. The van der Waals surface area contributed by atoms with Crippen LogP contribution in [-0.4, -0.2) is 26.8 Å². The van der Waals surface area contributed by atoms with Crippen molar-refractivity contribution >= 4 is 11.8 Å². The summed E-state index contributed by atoms with van der Waals surface area (Å²) < 4.78 is 21.9. The first-order valence-corrected chi connectivity index (χ1v) is 11.1. The Balaban J connectivity index is 1.53. The number of benzene rings is 2. The molecule has 0 aliphatic carbocycles. The smallest absolute Gasteiger partial charge is 0.271 e. The van der Waals surface area contributed by atoms with Crippen LogP contribution >= 0.6 is 0 Å². The Hall–Kier alpha value is -4.13. The van der Waals surface area contributed by atoms with Crippen molar-refractivity contribution in [1.82, 2.24) is 14.8 Å². The topological polar surface area (TPSA) is 67.5 Å². The minimum Gasteiger partial charge on any atom is -0.463 e. The second kappa shape index (κ2) is 8.67. The van der Waals surface area contributed by atoms with E-state index in [1.54, 1.807) is 54.2 Å². The highest BCUT2D eigenvalue weighted by Gasteiger charge is 2.48. The number of carbonyl (C=O) groups is 2. The minimum absolute atomic E-state index is 0.0258. The van der Waals surface area contributed by atoms with Gasteiger partial charge in [-0.1, -0.05) is 48.5 Å². The molecule has 2 amide bonds. The summed E-state index contributed by atoms with van der Waals surface area (Å²) in [7, 11) is 0. The number of hydrogen-bond acceptors (Lipinski definition) is 3. The zero-order valence-corrected chi connectivity index (χ0v) is 18.7. The highest BCUT2D eigenvalue weighted by Crippen LogP contribution is 2.34. The second-order valence-corrected chi connectivity index (χ2v) is 8.59. The third-order valence-electron chi connectivity index (χ3n) is 6.35. The van der Waals surface area contributed by atoms with E-state index in [-0.39, 0.29) is 24.9 Å². The summed E-state index contributed by atoms with van der Waals surface area (Å²) in [6.45, 7) is 2.22. The summed E-state index contributed by atoms with van der Waals surface area (Å²) >= 11 is 0. The lowest BCUT2D eigenvalue weighted by Gasteiger charge is -2.44. The molecule has 172 valence electrons. The summed E-state index contributed by atoms with van der Waals surface area (Å²) in [4.78, 5) is 28.8. The molecule has 1 N–H and O–H groups in total. The van der Waals surface area contributed by atoms with E-state index in [1.165, 1.54) is 11.0 Å². The standard InChI is InChI=1S/C27H24FN3O3/c1-27(26(33)29-16-19-8-3-2-4-9-19)18-30-22(24-12-7-15-34-24)13-14-23(30)25(32)31(27)17-20-10-5-6-11-21(20)28/h2-15H,16-18H2,1H3,(H,29,33). The molecule has 2 aromatic carbocycles. The van der Waals surface area contributed by atoms with Crippen LogP contribution in [0.15, 0.2) is 89.5 Å². The fourth-order valence-electron chi connectivity index (χ4n) is 4.43. The van der Waals surface area contributed by atoms with E-state index >= 15 is 0 Å². The van der Waals surface area contributed by atoms with Crippen LogP contribution in [-0.2, 0) is 24.4 Å². The van der Waals surface area contributed by atoms with Gasteiger partial charge in [-0.25, -0.2) is 4.39 Å². The molecular weight excluding hydrogens is 433 g/mol. The highest BCUT2D eigenvalue weighted by molar-refractivity contribution is 6.00. The van der Waals surface area contributed by atoms with E-state index in [4.69, 9.17) is 4.42 Å².